The lowest BCUT2D eigenvalue weighted by Crippen LogP contribution is -2.47. The Morgan fingerprint density at radius 3 is 1.00 bits per heavy atom. The van der Waals surface area contributed by atoms with E-state index in [1.54, 1.807) is 57.2 Å². The minimum Gasteiger partial charge on any atom is -0.353 e. The van der Waals surface area contributed by atoms with E-state index in [1.807, 2.05) is 0 Å². The van der Waals surface area contributed by atoms with Crippen molar-refractivity contribution in [2.45, 2.75) is 35.5 Å². The van der Waals surface area contributed by atoms with Crippen molar-refractivity contribution in [3.05, 3.63) is 89.5 Å². The molecule has 0 atom stereocenters. The number of carbonyl (C=O) groups excluding carboxylic acids is 2. The van der Waals surface area contributed by atoms with Gasteiger partial charge in [-0.1, -0.05) is 53.1 Å². The molecule has 254 valence electrons. The van der Waals surface area contributed by atoms with Gasteiger partial charge in [-0.3, -0.25) is 9.59 Å². The zero-order valence-corrected chi connectivity index (χ0v) is 28.9. The smallest absolute Gasteiger partial charge is 0.243 e. The van der Waals surface area contributed by atoms with Gasteiger partial charge in [0.1, 0.15) is 0 Å². The van der Waals surface area contributed by atoms with E-state index >= 15 is 0 Å². The van der Waals surface area contributed by atoms with Gasteiger partial charge in [-0.15, -0.1) is 0 Å². The van der Waals surface area contributed by atoms with Crippen LogP contribution in [-0.2, 0) is 39.7 Å². The second-order valence-electron chi connectivity index (χ2n) is 11.2. The Bertz CT molecular complexity index is 1800. The van der Waals surface area contributed by atoms with Crippen molar-refractivity contribution in [1.82, 2.24) is 23.5 Å². The molecule has 2 amide bonds. The van der Waals surface area contributed by atoms with Crippen LogP contribution in [-0.4, -0.2) is 102 Å². The van der Waals surface area contributed by atoms with E-state index in [9.17, 15) is 34.8 Å². The molecule has 1 aliphatic rings. The number of nitrogens with one attached hydrogen (secondary N) is 2. The summed E-state index contributed by atoms with van der Waals surface area (Å²) in [5, 5.41) is 5.11. The fraction of sp³-hybridized carbons (Fsp3) is 0.355. The number of benzene rings is 3. The number of rotatable bonds is 6. The first-order valence-corrected chi connectivity index (χ1v) is 19.2. The Hall–Kier alpha value is -3.67. The SMILES string of the molecule is Cc1ccc(S(=O)(=O)N2CCN(S(=O)(=O)c3ccc(C)cc3)CC(=O)NCCNC(=O)CN(S(=O)(=O)c3ccc(C)cc3)CC2)cc1. The minimum atomic E-state index is -4.31. The van der Waals surface area contributed by atoms with Gasteiger partial charge in [-0.2, -0.15) is 12.9 Å². The maximum Gasteiger partial charge on any atom is 0.243 e. The third-order valence-electron chi connectivity index (χ3n) is 7.58. The van der Waals surface area contributed by atoms with Crippen LogP contribution in [0.3, 0.4) is 0 Å². The number of nitrogens with zero attached hydrogens (tertiary/aromatic N) is 3. The van der Waals surface area contributed by atoms with E-state index < -0.39 is 81.2 Å². The molecule has 0 aliphatic carbocycles. The fourth-order valence-electron chi connectivity index (χ4n) is 4.78. The Morgan fingerprint density at radius 1 is 0.447 bits per heavy atom. The van der Waals surface area contributed by atoms with Crippen molar-refractivity contribution in [2.75, 3.05) is 52.4 Å². The van der Waals surface area contributed by atoms with Gasteiger partial charge in [0.25, 0.3) is 0 Å². The van der Waals surface area contributed by atoms with E-state index in [-0.39, 0.29) is 27.8 Å². The van der Waals surface area contributed by atoms with E-state index in [0.29, 0.717) is 0 Å². The summed E-state index contributed by atoms with van der Waals surface area (Å²) in [5.74, 6) is -1.33. The van der Waals surface area contributed by atoms with Gasteiger partial charge >= 0.3 is 0 Å². The highest BCUT2D eigenvalue weighted by Gasteiger charge is 2.33. The highest BCUT2D eigenvalue weighted by atomic mass is 32.2. The molecule has 4 rings (SSSR count). The first-order chi connectivity index (χ1) is 22.1. The van der Waals surface area contributed by atoms with Crippen molar-refractivity contribution in [1.29, 1.82) is 0 Å². The molecule has 2 N–H and O–H groups in total. The molecule has 1 fully saturated rings. The largest absolute Gasteiger partial charge is 0.353 e. The number of aryl methyl sites for hydroxylation is 3. The van der Waals surface area contributed by atoms with Crippen LogP contribution in [0.2, 0.25) is 0 Å². The average Bonchev–Trinajstić information content (AvgIpc) is 3.02. The Kier molecular flexibility index (Phi) is 11.6. The molecule has 0 unspecified atom stereocenters. The van der Waals surface area contributed by atoms with Gasteiger partial charge in [-0.05, 0) is 57.2 Å². The van der Waals surface area contributed by atoms with Crippen LogP contribution >= 0.6 is 0 Å². The van der Waals surface area contributed by atoms with Crippen LogP contribution < -0.4 is 10.6 Å². The zero-order chi connectivity index (χ0) is 34.4. The Labute approximate surface area is 276 Å². The number of hydrogen-bond acceptors (Lipinski definition) is 8. The molecule has 1 heterocycles. The molecule has 1 saturated heterocycles. The van der Waals surface area contributed by atoms with Gasteiger partial charge < -0.3 is 10.6 Å². The van der Waals surface area contributed by atoms with Crippen LogP contribution in [0.1, 0.15) is 16.7 Å². The van der Waals surface area contributed by atoms with E-state index in [0.717, 1.165) is 29.6 Å². The molecule has 1 aliphatic heterocycles. The molecular weight excluding hydrogens is 667 g/mol. The first kappa shape index (κ1) is 36.2. The van der Waals surface area contributed by atoms with Gasteiger partial charge in [0.05, 0.1) is 27.8 Å². The lowest BCUT2D eigenvalue weighted by molar-refractivity contribution is -0.123. The monoisotopic (exact) mass is 705 g/mol. The number of sulfonamides is 3. The van der Waals surface area contributed by atoms with Crippen LogP contribution in [0.5, 0.6) is 0 Å². The van der Waals surface area contributed by atoms with Crippen molar-refractivity contribution >= 4 is 41.9 Å². The molecule has 13 nitrogen and oxygen atoms in total. The first-order valence-electron chi connectivity index (χ1n) is 14.8. The van der Waals surface area contributed by atoms with Crippen LogP contribution in [0, 0.1) is 20.8 Å². The summed E-state index contributed by atoms with van der Waals surface area (Å²) in [5.41, 5.74) is 2.45. The van der Waals surface area contributed by atoms with E-state index in [4.69, 9.17) is 0 Å². The predicted octanol–water partition coefficient (Wildman–Crippen LogP) is 1.23. The van der Waals surface area contributed by atoms with Crippen molar-refractivity contribution < 1.29 is 34.8 Å². The lowest BCUT2D eigenvalue weighted by atomic mass is 10.2. The summed E-state index contributed by atoms with van der Waals surface area (Å²) in [6.07, 6.45) is 0. The average molecular weight is 706 g/mol. The standard InChI is InChI=1S/C31H39N5O8S3/c1-24-4-10-27(11-5-24)45(39,40)34-18-20-35(46(41,42)28-12-6-25(2)7-13-28)22-30(37)32-16-17-33-31(38)23-36(21-19-34)47(43,44)29-14-8-26(3)9-15-29/h4-15H,16-23H2,1-3H3,(H,32,37)(H,33,38). The molecule has 0 aromatic heterocycles. The van der Waals surface area contributed by atoms with Gasteiger partial charge in [-0.25, -0.2) is 25.3 Å². The van der Waals surface area contributed by atoms with Crippen molar-refractivity contribution in [3.8, 4) is 0 Å². The molecule has 16 heteroatoms. The van der Waals surface area contributed by atoms with Crippen molar-refractivity contribution in [3.63, 3.8) is 0 Å². The molecule has 3 aromatic rings. The highest BCUT2D eigenvalue weighted by Crippen LogP contribution is 2.21. The molecule has 3 aromatic carbocycles. The van der Waals surface area contributed by atoms with Crippen LogP contribution in [0.25, 0.3) is 0 Å². The second kappa shape index (κ2) is 15.0. The summed E-state index contributed by atoms with van der Waals surface area (Å²) in [7, 11) is -12.8. The Balaban J connectivity index is 1.76. The Morgan fingerprint density at radius 2 is 0.702 bits per heavy atom. The van der Waals surface area contributed by atoms with Crippen molar-refractivity contribution in [2.24, 2.45) is 0 Å². The quantitative estimate of drug-likeness (QED) is 0.386. The maximum atomic E-state index is 14.0. The molecule has 0 saturated carbocycles. The number of amides is 2. The highest BCUT2D eigenvalue weighted by molar-refractivity contribution is 7.89. The van der Waals surface area contributed by atoms with E-state index in [1.165, 1.54) is 36.4 Å². The summed E-state index contributed by atoms with van der Waals surface area (Å²) in [4.78, 5) is 25.5. The molecule has 47 heavy (non-hydrogen) atoms. The summed E-state index contributed by atoms with van der Waals surface area (Å²) >= 11 is 0. The van der Waals surface area contributed by atoms with Crippen LogP contribution in [0.15, 0.2) is 87.5 Å². The van der Waals surface area contributed by atoms with Gasteiger partial charge in [0.2, 0.25) is 41.9 Å². The minimum absolute atomic E-state index is 0.0539. The van der Waals surface area contributed by atoms with Crippen LogP contribution in [0.4, 0.5) is 0 Å². The topological polar surface area (TPSA) is 170 Å². The third kappa shape index (κ3) is 9.03. The zero-order valence-electron chi connectivity index (χ0n) is 26.4. The predicted molar refractivity (Wildman–Crippen MR) is 176 cm³/mol. The molecule has 0 bridgehead atoms. The lowest BCUT2D eigenvalue weighted by Gasteiger charge is -2.29. The third-order valence-corrected chi connectivity index (χ3v) is 13.2. The molecule has 0 spiro atoms. The molecule has 0 radical (unpaired) electrons. The maximum absolute atomic E-state index is 14.0. The molecular formula is C31H39N5O8S3. The number of hydrogen-bond donors (Lipinski definition) is 2. The summed E-state index contributed by atoms with van der Waals surface area (Å²) in [6.45, 7) is 2.37. The van der Waals surface area contributed by atoms with Gasteiger partial charge in [0, 0.05) is 39.3 Å². The van der Waals surface area contributed by atoms with E-state index in [2.05, 4.69) is 10.6 Å². The second-order valence-corrected chi connectivity index (χ2v) is 17.0. The fourth-order valence-corrected chi connectivity index (χ4v) is 8.98. The normalized spacial score (nSPS) is 17.7. The number of carbonyl (C=O) groups is 2. The van der Waals surface area contributed by atoms with Gasteiger partial charge in [0.15, 0.2) is 0 Å². The summed E-state index contributed by atoms with van der Waals surface area (Å²) in [6, 6.07) is 18.1. The summed E-state index contributed by atoms with van der Waals surface area (Å²) < 4.78 is 85.7.